The minimum Gasteiger partial charge on any atom is -0.506 e. The van der Waals surface area contributed by atoms with Gasteiger partial charge in [0.25, 0.3) is 0 Å². The summed E-state index contributed by atoms with van der Waals surface area (Å²) in [5.41, 5.74) is 0. The lowest BCUT2D eigenvalue weighted by Gasteiger charge is -2.06. The predicted molar refractivity (Wildman–Crippen MR) is 65.5 cm³/mol. The van der Waals surface area contributed by atoms with Crippen molar-refractivity contribution < 1.29 is 14.6 Å². The Bertz CT molecular complexity index is 464. The first kappa shape index (κ1) is 11.2. The van der Waals surface area contributed by atoms with Crippen molar-refractivity contribution in [3.05, 3.63) is 23.6 Å². The number of hydrogen-bond acceptors (Lipinski definition) is 4. The summed E-state index contributed by atoms with van der Waals surface area (Å²) in [7, 11) is 0. The highest BCUT2D eigenvalue weighted by Crippen LogP contribution is 2.33. The Morgan fingerprint density at radius 1 is 1.31 bits per heavy atom. The second-order valence-electron chi connectivity index (χ2n) is 3.32. The van der Waals surface area contributed by atoms with Crippen molar-refractivity contribution in [1.29, 1.82) is 0 Å². The zero-order chi connectivity index (χ0) is 11.4. The fourth-order valence-electron chi connectivity index (χ4n) is 1.45. The molecule has 1 N–H and O–H groups in total. The van der Waals surface area contributed by atoms with Crippen LogP contribution in [-0.2, 0) is 4.74 Å². The summed E-state index contributed by atoms with van der Waals surface area (Å²) in [4.78, 5) is 0. The third kappa shape index (κ3) is 2.46. The van der Waals surface area contributed by atoms with Gasteiger partial charge in [0.2, 0.25) is 0 Å². The van der Waals surface area contributed by atoms with Gasteiger partial charge in [-0.05, 0) is 25.1 Å². The number of rotatable bonds is 5. The van der Waals surface area contributed by atoms with E-state index < -0.39 is 0 Å². The highest BCUT2D eigenvalue weighted by molar-refractivity contribution is 7.17. The van der Waals surface area contributed by atoms with Crippen LogP contribution in [0.25, 0.3) is 10.1 Å². The van der Waals surface area contributed by atoms with E-state index >= 15 is 0 Å². The Kier molecular flexibility index (Phi) is 3.64. The molecule has 2 rings (SSSR count). The van der Waals surface area contributed by atoms with Crippen molar-refractivity contribution in [2.75, 3.05) is 19.8 Å². The number of benzene rings is 1. The first-order valence-corrected chi connectivity index (χ1v) is 6.10. The molecule has 0 radical (unpaired) electrons. The van der Waals surface area contributed by atoms with Crippen LogP contribution in [0.3, 0.4) is 0 Å². The lowest BCUT2D eigenvalue weighted by Crippen LogP contribution is -2.05. The van der Waals surface area contributed by atoms with E-state index in [2.05, 4.69) is 0 Å². The quantitative estimate of drug-likeness (QED) is 0.814. The zero-order valence-corrected chi connectivity index (χ0v) is 9.92. The van der Waals surface area contributed by atoms with Crippen LogP contribution in [0, 0.1) is 0 Å². The number of thiophene rings is 1. The minimum atomic E-state index is 0.315. The van der Waals surface area contributed by atoms with E-state index in [1.165, 1.54) is 11.3 Å². The molecule has 0 spiro atoms. The molecule has 1 aromatic carbocycles. The predicted octanol–water partition coefficient (Wildman–Crippen LogP) is 3.02. The zero-order valence-electron chi connectivity index (χ0n) is 9.10. The van der Waals surface area contributed by atoms with Crippen LogP contribution < -0.4 is 4.74 Å². The third-order valence-corrected chi connectivity index (χ3v) is 3.18. The maximum Gasteiger partial charge on any atom is 0.134 e. The Morgan fingerprint density at radius 2 is 2.19 bits per heavy atom. The Hall–Kier alpha value is -1.26. The molecule has 1 heterocycles. The van der Waals surface area contributed by atoms with E-state index in [-0.39, 0.29) is 0 Å². The lowest BCUT2D eigenvalue weighted by atomic mass is 10.2. The molecule has 0 saturated heterocycles. The van der Waals surface area contributed by atoms with Gasteiger partial charge >= 0.3 is 0 Å². The lowest BCUT2D eigenvalue weighted by molar-refractivity contribution is 0.110. The Labute approximate surface area is 98.2 Å². The van der Waals surface area contributed by atoms with Gasteiger partial charge in [-0.25, -0.2) is 0 Å². The highest BCUT2D eigenvalue weighted by Gasteiger charge is 2.03. The van der Waals surface area contributed by atoms with Gasteiger partial charge in [0, 0.05) is 22.1 Å². The summed E-state index contributed by atoms with van der Waals surface area (Å²) in [6, 6.07) is 5.72. The topological polar surface area (TPSA) is 38.7 Å². The van der Waals surface area contributed by atoms with Crippen LogP contribution in [0.15, 0.2) is 23.6 Å². The summed E-state index contributed by atoms with van der Waals surface area (Å²) >= 11 is 1.52. The molecule has 0 saturated carbocycles. The van der Waals surface area contributed by atoms with Crippen LogP contribution in [-0.4, -0.2) is 24.9 Å². The Morgan fingerprint density at radius 3 is 3.00 bits per heavy atom. The van der Waals surface area contributed by atoms with Gasteiger partial charge in [0.1, 0.15) is 18.1 Å². The SMILES string of the molecule is CCOCCOc1ccc2scc(O)c2c1. The fourth-order valence-corrected chi connectivity index (χ4v) is 2.25. The van der Waals surface area contributed by atoms with E-state index in [1.54, 1.807) is 5.38 Å². The van der Waals surface area contributed by atoms with Crippen LogP contribution >= 0.6 is 11.3 Å². The second-order valence-corrected chi connectivity index (χ2v) is 4.24. The van der Waals surface area contributed by atoms with E-state index in [9.17, 15) is 5.11 Å². The second kappa shape index (κ2) is 5.18. The minimum absolute atomic E-state index is 0.315. The van der Waals surface area contributed by atoms with Crippen molar-refractivity contribution >= 4 is 21.4 Å². The maximum absolute atomic E-state index is 9.58. The highest BCUT2D eigenvalue weighted by atomic mass is 32.1. The van der Waals surface area contributed by atoms with E-state index in [4.69, 9.17) is 9.47 Å². The molecule has 16 heavy (non-hydrogen) atoms. The average molecular weight is 238 g/mol. The van der Waals surface area contributed by atoms with Crippen molar-refractivity contribution in [3.8, 4) is 11.5 Å². The first-order chi connectivity index (χ1) is 7.81. The van der Waals surface area contributed by atoms with Crippen molar-refractivity contribution in [2.45, 2.75) is 6.92 Å². The summed E-state index contributed by atoms with van der Waals surface area (Å²) in [6.45, 7) is 3.78. The summed E-state index contributed by atoms with van der Waals surface area (Å²) in [6.07, 6.45) is 0. The van der Waals surface area contributed by atoms with Gasteiger partial charge < -0.3 is 14.6 Å². The van der Waals surface area contributed by atoms with E-state index in [1.807, 2.05) is 25.1 Å². The number of fused-ring (bicyclic) bond motifs is 1. The van der Waals surface area contributed by atoms with Gasteiger partial charge in [-0.3, -0.25) is 0 Å². The molecule has 86 valence electrons. The van der Waals surface area contributed by atoms with Gasteiger partial charge in [-0.2, -0.15) is 0 Å². The molecule has 2 aromatic rings. The third-order valence-electron chi connectivity index (χ3n) is 2.23. The molecule has 0 bridgehead atoms. The fraction of sp³-hybridized carbons (Fsp3) is 0.333. The molecule has 0 unspecified atom stereocenters. The Balaban J connectivity index is 2.04. The van der Waals surface area contributed by atoms with Crippen LogP contribution in [0.4, 0.5) is 0 Å². The monoisotopic (exact) mass is 238 g/mol. The number of ether oxygens (including phenoxy) is 2. The molecular formula is C12H14O3S. The normalized spacial score (nSPS) is 10.8. The molecule has 0 aliphatic carbocycles. The largest absolute Gasteiger partial charge is 0.506 e. The molecule has 0 atom stereocenters. The van der Waals surface area contributed by atoms with Crippen molar-refractivity contribution in [2.24, 2.45) is 0 Å². The van der Waals surface area contributed by atoms with Crippen LogP contribution in [0.1, 0.15) is 6.92 Å². The molecule has 3 nitrogen and oxygen atoms in total. The number of hydrogen-bond donors (Lipinski definition) is 1. The smallest absolute Gasteiger partial charge is 0.134 e. The molecule has 0 aliphatic heterocycles. The van der Waals surface area contributed by atoms with Gasteiger partial charge in [0.05, 0.1) is 6.61 Å². The van der Waals surface area contributed by atoms with Crippen molar-refractivity contribution in [1.82, 2.24) is 0 Å². The molecule has 0 amide bonds. The van der Waals surface area contributed by atoms with Gasteiger partial charge in [-0.1, -0.05) is 0 Å². The summed E-state index contributed by atoms with van der Waals surface area (Å²) < 4.78 is 11.8. The van der Waals surface area contributed by atoms with Gasteiger partial charge in [0.15, 0.2) is 0 Å². The molecular weight excluding hydrogens is 224 g/mol. The summed E-state index contributed by atoms with van der Waals surface area (Å²) in [5, 5.41) is 12.2. The van der Waals surface area contributed by atoms with Gasteiger partial charge in [-0.15, -0.1) is 11.3 Å². The van der Waals surface area contributed by atoms with Crippen molar-refractivity contribution in [3.63, 3.8) is 0 Å². The molecule has 0 aliphatic rings. The molecule has 0 fully saturated rings. The van der Waals surface area contributed by atoms with E-state index in [0.717, 1.165) is 15.8 Å². The van der Waals surface area contributed by atoms with Crippen LogP contribution in [0.5, 0.6) is 11.5 Å². The van der Waals surface area contributed by atoms with E-state index in [0.29, 0.717) is 25.6 Å². The average Bonchev–Trinajstić information content (AvgIpc) is 2.67. The first-order valence-electron chi connectivity index (χ1n) is 5.22. The number of aromatic hydroxyl groups is 1. The summed E-state index contributed by atoms with van der Waals surface area (Å²) in [5.74, 6) is 1.08. The molecule has 4 heteroatoms. The standard InChI is InChI=1S/C12H14O3S/c1-2-14-5-6-15-9-3-4-12-10(7-9)11(13)8-16-12/h3-4,7-8,13H,2,5-6H2,1H3. The van der Waals surface area contributed by atoms with Crippen LogP contribution in [0.2, 0.25) is 0 Å². The maximum atomic E-state index is 9.58. The molecule has 1 aromatic heterocycles.